The summed E-state index contributed by atoms with van der Waals surface area (Å²) in [6.45, 7) is 38.1. The van der Waals surface area contributed by atoms with Crippen molar-refractivity contribution in [1.29, 1.82) is 0 Å². The predicted molar refractivity (Wildman–Crippen MR) is 136 cm³/mol. The van der Waals surface area contributed by atoms with Crippen LogP contribution in [0.1, 0.15) is 110 Å². The molecule has 2 heteroatoms. The van der Waals surface area contributed by atoms with E-state index in [0.717, 1.165) is 35.8 Å². The maximum Gasteiger partial charge on any atom is 0.0183 e. The molecule has 0 amide bonds. The van der Waals surface area contributed by atoms with Gasteiger partial charge in [0.25, 0.3) is 0 Å². The molecular formula is C28H58N2. The van der Waals surface area contributed by atoms with Gasteiger partial charge in [0.1, 0.15) is 0 Å². The van der Waals surface area contributed by atoms with Crippen molar-refractivity contribution in [2.45, 2.75) is 134 Å². The van der Waals surface area contributed by atoms with E-state index >= 15 is 0 Å². The predicted octanol–water partition coefficient (Wildman–Crippen LogP) is 7.57. The summed E-state index contributed by atoms with van der Waals surface area (Å²) in [7, 11) is 0. The van der Waals surface area contributed by atoms with E-state index in [4.69, 9.17) is 0 Å². The summed E-state index contributed by atoms with van der Waals surface area (Å²) in [5.41, 5.74) is 1.07. The maximum atomic E-state index is 2.74. The first-order valence-corrected chi connectivity index (χ1v) is 12.8. The highest BCUT2D eigenvalue weighted by atomic mass is 15.3. The lowest BCUT2D eigenvalue weighted by atomic mass is 9.68. The monoisotopic (exact) mass is 422 g/mol. The minimum Gasteiger partial charge on any atom is -0.297 e. The molecule has 0 radical (unpaired) electrons. The molecule has 2 rings (SSSR count). The third-order valence-corrected chi connectivity index (χ3v) is 7.71. The molecule has 180 valence electrons. The average molecular weight is 423 g/mol. The molecule has 2 fully saturated rings. The third-order valence-electron chi connectivity index (χ3n) is 7.71. The van der Waals surface area contributed by atoms with E-state index < -0.39 is 0 Å². The Bertz CT molecular complexity index is 476. The van der Waals surface area contributed by atoms with Crippen LogP contribution in [0.25, 0.3) is 0 Å². The van der Waals surface area contributed by atoms with E-state index in [1.165, 1.54) is 19.5 Å². The van der Waals surface area contributed by atoms with Crippen LogP contribution in [-0.4, -0.2) is 46.6 Å². The highest BCUT2D eigenvalue weighted by molar-refractivity contribution is 5.02. The zero-order chi connectivity index (χ0) is 23.8. The molecule has 0 aromatic carbocycles. The minimum atomic E-state index is 0.290. The molecule has 0 aromatic rings. The van der Waals surface area contributed by atoms with Gasteiger partial charge in [-0.2, -0.15) is 0 Å². The summed E-state index contributed by atoms with van der Waals surface area (Å²) < 4.78 is 0. The fourth-order valence-electron chi connectivity index (χ4n) is 6.14. The summed E-state index contributed by atoms with van der Waals surface area (Å²) in [4.78, 5) is 5.39. The Morgan fingerprint density at radius 1 is 0.700 bits per heavy atom. The SMILES string of the molecule is CC(C)(C)C1CCN(C(C)(C)C)C1C(C)(C)C.CC(C)C1CN(C(C)C)C1C(C)C. The van der Waals surface area contributed by atoms with Gasteiger partial charge in [0.15, 0.2) is 0 Å². The molecule has 0 N–H and O–H groups in total. The van der Waals surface area contributed by atoms with E-state index in [2.05, 4.69) is 114 Å². The molecule has 0 bridgehead atoms. The van der Waals surface area contributed by atoms with Gasteiger partial charge >= 0.3 is 0 Å². The van der Waals surface area contributed by atoms with Crippen LogP contribution in [0.2, 0.25) is 0 Å². The van der Waals surface area contributed by atoms with E-state index in [1.807, 2.05) is 0 Å². The summed E-state index contributed by atoms with van der Waals surface area (Å²) in [5.74, 6) is 3.40. The second kappa shape index (κ2) is 9.82. The second-order valence-electron chi connectivity index (χ2n) is 14.4. The Kier molecular flexibility index (Phi) is 9.15. The average Bonchev–Trinajstić information content (AvgIpc) is 2.89. The number of nitrogens with zero attached hydrogens (tertiary/aromatic N) is 2. The number of hydrogen-bond acceptors (Lipinski definition) is 2. The molecule has 4 unspecified atom stereocenters. The first-order valence-electron chi connectivity index (χ1n) is 12.8. The largest absolute Gasteiger partial charge is 0.297 e. The van der Waals surface area contributed by atoms with E-state index in [9.17, 15) is 0 Å². The Balaban J connectivity index is 0.000000311. The third kappa shape index (κ3) is 6.71. The van der Waals surface area contributed by atoms with Crippen molar-refractivity contribution in [2.75, 3.05) is 13.1 Å². The van der Waals surface area contributed by atoms with Crippen molar-refractivity contribution in [3.8, 4) is 0 Å². The van der Waals surface area contributed by atoms with Gasteiger partial charge in [-0.3, -0.25) is 9.80 Å². The lowest BCUT2D eigenvalue weighted by Gasteiger charge is -2.54. The highest BCUT2D eigenvalue weighted by Crippen LogP contribution is 2.47. The Morgan fingerprint density at radius 2 is 1.20 bits per heavy atom. The number of hydrogen-bond donors (Lipinski definition) is 0. The molecule has 30 heavy (non-hydrogen) atoms. The van der Waals surface area contributed by atoms with Crippen LogP contribution in [-0.2, 0) is 0 Å². The zero-order valence-electron chi connectivity index (χ0n) is 23.6. The van der Waals surface area contributed by atoms with Gasteiger partial charge in [0, 0.05) is 30.2 Å². The molecule has 0 spiro atoms. The van der Waals surface area contributed by atoms with Gasteiger partial charge < -0.3 is 0 Å². The molecule has 2 saturated heterocycles. The smallest absolute Gasteiger partial charge is 0.0183 e. The Morgan fingerprint density at radius 3 is 1.50 bits per heavy atom. The Labute approximate surface area is 191 Å². The molecular weight excluding hydrogens is 364 g/mol. The molecule has 0 aromatic heterocycles. The fraction of sp³-hybridized carbons (Fsp3) is 1.00. The van der Waals surface area contributed by atoms with Gasteiger partial charge in [-0.15, -0.1) is 0 Å². The number of rotatable bonds is 3. The molecule has 0 aliphatic carbocycles. The van der Waals surface area contributed by atoms with E-state index in [0.29, 0.717) is 16.9 Å². The van der Waals surface area contributed by atoms with Gasteiger partial charge in [-0.05, 0) is 82.1 Å². The van der Waals surface area contributed by atoms with Crippen molar-refractivity contribution in [3.63, 3.8) is 0 Å². The van der Waals surface area contributed by atoms with Crippen molar-refractivity contribution in [2.24, 2.45) is 34.5 Å². The zero-order valence-corrected chi connectivity index (χ0v) is 23.6. The first-order chi connectivity index (χ1) is 13.3. The highest BCUT2D eigenvalue weighted by Gasteiger charge is 2.49. The van der Waals surface area contributed by atoms with Crippen molar-refractivity contribution in [3.05, 3.63) is 0 Å². The van der Waals surface area contributed by atoms with Gasteiger partial charge in [0.2, 0.25) is 0 Å². The minimum absolute atomic E-state index is 0.290. The van der Waals surface area contributed by atoms with Gasteiger partial charge in [-0.1, -0.05) is 69.2 Å². The molecule has 4 atom stereocenters. The summed E-state index contributed by atoms with van der Waals surface area (Å²) in [6.07, 6.45) is 1.35. The maximum absolute atomic E-state index is 2.74. The lowest BCUT2D eigenvalue weighted by Crippen LogP contribution is -2.62. The molecule has 2 aliphatic heterocycles. The molecule has 2 nitrogen and oxygen atoms in total. The van der Waals surface area contributed by atoms with Gasteiger partial charge in [-0.25, -0.2) is 0 Å². The van der Waals surface area contributed by atoms with Crippen LogP contribution in [0.15, 0.2) is 0 Å². The summed E-state index contributed by atoms with van der Waals surface area (Å²) in [6, 6.07) is 2.25. The first kappa shape index (κ1) is 28.0. The number of likely N-dealkylation sites (tertiary alicyclic amines) is 2. The quantitative estimate of drug-likeness (QED) is 0.462. The van der Waals surface area contributed by atoms with Crippen LogP contribution >= 0.6 is 0 Å². The van der Waals surface area contributed by atoms with Crippen LogP contribution in [0, 0.1) is 34.5 Å². The normalized spacial score (nSPS) is 29.4. The molecule has 0 saturated carbocycles. The van der Waals surface area contributed by atoms with E-state index in [1.54, 1.807) is 0 Å². The Hall–Kier alpha value is -0.0800. The summed E-state index contributed by atoms with van der Waals surface area (Å²) in [5, 5.41) is 0. The fourth-order valence-corrected chi connectivity index (χ4v) is 6.14. The topological polar surface area (TPSA) is 6.48 Å². The van der Waals surface area contributed by atoms with Crippen molar-refractivity contribution >= 4 is 0 Å². The lowest BCUT2D eigenvalue weighted by molar-refractivity contribution is -0.0588. The second-order valence-corrected chi connectivity index (χ2v) is 14.4. The van der Waals surface area contributed by atoms with Crippen LogP contribution < -0.4 is 0 Å². The standard InChI is InChI=1S/C16H33N.C12H25N/c1-14(2,3)12-10-11-17(16(7,8)9)13(12)15(4,5)6;1-8(2)11-7-13(10(5)6)12(11)9(3)4/h12-13H,10-11H2,1-9H3;8-12H,7H2,1-6H3. The molecule has 2 heterocycles. The van der Waals surface area contributed by atoms with Crippen LogP contribution in [0.3, 0.4) is 0 Å². The van der Waals surface area contributed by atoms with Gasteiger partial charge in [0.05, 0.1) is 0 Å². The van der Waals surface area contributed by atoms with E-state index in [-0.39, 0.29) is 5.54 Å². The van der Waals surface area contributed by atoms with Crippen LogP contribution in [0.5, 0.6) is 0 Å². The van der Waals surface area contributed by atoms with Crippen molar-refractivity contribution < 1.29 is 0 Å². The summed E-state index contributed by atoms with van der Waals surface area (Å²) >= 11 is 0. The molecule has 2 aliphatic rings. The van der Waals surface area contributed by atoms with Crippen molar-refractivity contribution in [1.82, 2.24) is 9.80 Å². The van der Waals surface area contributed by atoms with Crippen LogP contribution in [0.4, 0.5) is 0 Å².